The maximum atomic E-state index is 12.6. The van der Waals surface area contributed by atoms with Crippen LogP contribution in [0.5, 0.6) is 5.75 Å². The molecule has 0 saturated carbocycles. The number of hydrogen-bond donors (Lipinski definition) is 0. The van der Waals surface area contributed by atoms with E-state index in [0.717, 1.165) is 0 Å². The topological polar surface area (TPSA) is 27.7 Å². The van der Waals surface area contributed by atoms with Gasteiger partial charge in [0.05, 0.1) is 13.2 Å². The van der Waals surface area contributed by atoms with E-state index in [1.807, 2.05) is 0 Å². The minimum atomic E-state index is -4.42. The Labute approximate surface area is 102 Å². The van der Waals surface area contributed by atoms with Gasteiger partial charge in [-0.15, -0.1) is 0 Å². The van der Waals surface area contributed by atoms with Gasteiger partial charge in [0, 0.05) is 5.56 Å². The monoisotopic (exact) mass is 262 g/mol. The van der Waals surface area contributed by atoms with E-state index in [2.05, 4.69) is 0 Å². The maximum Gasteiger partial charge on any atom is 0.417 e. The summed E-state index contributed by atoms with van der Waals surface area (Å²) in [6.45, 7) is 1.35. The van der Waals surface area contributed by atoms with E-state index in [4.69, 9.17) is 14.2 Å². The van der Waals surface area contributed by atoms with Gasteiger partial charge in [-0.2, -0.15) is 13.2 Å². The van der Waals surface area contributed by atoms with Crippen molar-refractivity contribution in [3.8, 4) is 5.75 Å². The van der Waals surface area contributed by atoms with Crippen molar-refractivity contribution in [3.63, 3.8) is 0 Å². The molecule has 1 heterocycles. The van der Waals surface area contributed by atoms with Crippen LogP contribution in [-0.4, -0.2) is 25.5 Å². The second-order valence-corrected chi connectivity index (χ2v) is 4.05. The van der Waals surface area contributed by atoms with Crippen molar-refractivity contribution in [2.75, 3.05) is 7.11 Å². The second kappa shape index (κ2) is 4.78. The van der Waals surface area contributed by atoms with Gasteiger partial charge in [-0.3, -0.25) is 0 Å². The molecule has 1 aromatic rings. The zero-order valence-electron chi connectivity index (χ0n) is 9.90. The molecular weight excluding hydrogens is 249 g/mol. The van der Waals surface area contributed by atoms with Gasteiger partial charge in [0.2, 0.25) is 0 Å². The lowest BCUT2D eigenvalue weighted by Gasteiger charge is -2.16. The van der Waals surface area contributed by atoms with Gasteiger partial charge < -0.3 is 14.2 Å². The summed E-state index contributed by atoms with van der Waals surface area (Å²) in [6.07, 6.45) is -8.36. The molecule has 1 saturated heterocycles. The lowest BCUT2D eigenvalue weighted by Crippen LogP contribution is -2.35. The summed E-state index contributed by atoms with van der Waals surface area (Å²) in [5.41, 5.74) is 0.507. The molecule has 0 bridgehead atoms. The van der Waals surface area contributed by atoms with Crippen molar-refractivity contribution >= 4 is 0 Å². The molecule has 3 atom stereocenters. The molecule has 0 aliphatic carbocycles. The highest BCUT2D eigenvalue weighted by Gasteiger charge is 2.51. The van der Waals surface area contributed by atoms with Crippen molar-refractivity contribution in [1.82, 2.24) is 0 Å². The van der Waals surface area contributed by atoms with Crippen molar-refractivity contribution < 1.29 is 27.4 Å². The van der Waals surface area contributed by atoms with Crippen LogP contribution in [0.3, 0.4) is 0 Å². The summed E-state index contributed by atoms with van der Waals surface area (Å²) in [5.74, 6) is 0.544. The van der Waals surface area contributed by atoms with Crippen LogP contribution in [0, 0.1) is 0 Å². The van der Waals surface area contributed by atoms with Crippen molar-refractivity contribution in [2.45, 2.75) is 31.6 Å². The summed E-state index contributed by atoms with van der Waals surface area (Å²) in [5, 5.41) is 0. The van der Waals surface area contributed by atoms with E-state index in [1.54, 1.807) is 24.3 Å². The Morgan fingerprint density at radius 2 is 1.94 bits per heavy atom. The van der Waals surface area contributed by atoms with Crippen molar-refractivity contribution in [3.05, 3.63) is 29.8 Å². The molecule has 3 nitrogen and oxygen atoms in total. The molecule has 0 amide bonds. The van der Waals surface area contributed by atoms with Crippen LogP contribution < -0.4 is 4.74 Å². The highest BCUT2D eigenvalue weighted by molar-refractivity contribution is 5.29. The van der Waals surface area contributed by atoms with Crippen LogP contribution in [0.25, 0.3) is 0 Å². The first-order valence-corrected chi connectivity index (χ1v) is 5.43. The summed E-state index contributed by atoms with van der Waals surface area (Å²) in [7, 11) is 1.48. The smallest absolute Gasteiger partial charge is 0.417 e. The van der Waals surface area contributed by atoms with E-state index >= 15 is 0 Å². The van der Waals surface area contributed by atoms with Crippen molar-refractivity contribution in [2.24, 2.45) is 0 Å². The Bertz CT molecular complexity index is 419. The Kier molecular flexibility index (Phi) is 3.49. The molecule has 0 radical (unpaired) electrons. The molecule has 100 valence electrons. The van der Waals surface area contributed by atoms with Gasteiger partial charge in [0.1, 0.15) is 5.75 Å². The first-order chi connectivity index (χ1) is 8.41. The van der Waals surface area contributed by atoms with E-state index in [9.17, 15) is 13.2 Å². The number of ether oxygens (including phenoxy) is 3. The third-order valence-corrected chi connectivity index (χ3v) is 2.72. The van der Waals surface area contributed by atoms with Crippen molar-refractivity contribution in [1.29, 1.82) is 0 Å². The summed E-state index contributed by atoms with van der Waals surface area (Å²) >= 11 is 0. The van der Waals surface area contributed by atoms with Gasteiger partial charge in [0.15, 0.2) is 12.4 Å². The quantitative estimate of drug-likeness (QED) is 0.819. The molecule has 0 unspecified atom stereocenters. The molecule has 1 aliphatic rings. The Morgan fingerprint density at radius 3 is 2.50 bits per heavy atom. The van der Waals surface area contributed by atoms with Crippen LogP contribution in [-0.2, 0) is 9.47 Å². The normalized spacial score (nSPS) is 28.4. The Hall–Kier alpha value is -1.27. The zero-order chi connectivity index (χ0) is 13.3. The summed E-state index contributed by atoms with van der Waals surface area (Å²) < 4.78 is 53.0. The predicted molar refractivity (Wildman–Crippen MR) is 57.2 cm³/mol. The van der Waals surface area contributed by atoms with E-state index in [-0.39, 0.29) is 0 Å². The fourth-order valence-electron chi connectivity index (χ4n) is 1.83. The van der Waals surface area contributed by atoms with Crippen LogP contribution >= 0.6 is 0 Å². The minimum Gasteiger partial charge on any atom is -0.497 e. The summed E-state index contributed by atoms with van der Waals surface area (Å²) in [6, 6.07) is 6.60. The third-order valence-electron chi connectivity index (χ3n) is 2.72. The van der Waals surface area contributed by atoms with Gasteiger partial charge in [-0.1, -0.05) is 12.1 Å². The molecule has 1 aromatic carbocycles. The molecule has 1 aliphatic heterocycles. The van der Waals surface area contributed by atoms with E-state index < -0.39 is 24.7 Å². The van der Waals surface area contributed by atoms with Gasteiger partial charge in [-0.05, 0) is 19.1 Å². The fourth-order valence-corrected chi connectivity index (χ4v) is 1.83. The zero-order valence-corrected chi connectivity index (χ0v) is 9.90. The maximum absolute atomic E-state index is 12.6. The second-order valence-electron chi connectivity index (χ2n) is 4.05. The standard InChI is InChI=1S/C12H13F3O3/c1-7-10(12(13,14)15)18-11(17-7)8-4-3-5-9(6-8)16-2/h3-7,10-11H,1-2H3/t7-,10-,11-/m0/s1. The van der Waals surface area contributed by atoms with Gasteiger partial charge in [-0.25, -0.2) is 0 Å². The molecule has 0 spiro atoms. The van der Waals surface area contributed by atoms with Gasteiger partial charge in [0.25, 0.3) is 0 Å². The van der Waals surface area contributed by atoms with E-state index in [1.165, 1.54) is 14.0 Å². The Balaban J connectivity index is 2.16. The lowest BCUT2D eigenvalue weighted by molar-refractivity contribution is -0.218. The SMILES string of the molecule is COc1cccc([C@H]2O[C@@H](C)[C@@H](C(F)(F)F)O2)c1. The number of alkyl halides is 3. The summed E-state index contributed by atoms with van der Waals surface area (Å²) in [4.78, 5) is 0. The molecule has 0 aromatic heterocycles. The molecule has 18 heavy (non-hydrogen) atoms. The minimum absolute atomic E-state index is 0.507. The fraction of sp³-hybridized carbons (Fsp3) is 0.500. The van der Waals surface area contributed by atoms with Crippen LogP contribution in [0.15, 0.2) is 24.3 Å². The average molecular weight is 262 g/mol. The number of benzene rings is 1. The molecule has 0 N–H and O–H groups in total. The molecule has 1 fully saturated rings. The molecular formula is C12H13F3O3. The van der Waals surface area contributed by atoms with E-state index in [0.29, 0.717) is 11.3 Å². The first kappa shape index (κ1) is 13.2. The molecule has 6 heteroatoms. The lowest BCUT2D eigenvalue weighted by atomic mass is 10.2. The number of halogens is 3. The van der Waals surface area contributed by atoms with Crippen LogP contribution in [0.2, 0.25) is 0 Å². The third kappa shape index (κ3) is 2.59. The highest BCUT2D eigenvalue weighted by Crippen LogP contribution is 2.39. The number of hydrogen-bond acceptors (Lipinski definition) is 3. The Morgan fingerprint density at radius 1 is 1.22 bits per heavy atom. The van der Waals surface area contributed by atoms with Gasteiger partial charge >= 0.3 is 6.18 Å². The van der Waals surface area contributed by atoms with Crippen LogP contribution in [0.1, 0.15) is 18.8 Å². The predicted octanol–water partition coefficient (Wildman–Crippen LogP) is 3.06. The van der Waals surface area contributed by atoms with Crippen LogP contribution in [0.4, 0.5) is 13.2 Å². The highest BCUT2D eigenvalue weighted by atomic mass is 19.4. The first-order valence-electron chi connectivity index (χ1n) is 5.43. The average Bonchev–Trinajstić information content (AvgIpc) is 2.71. The molecule has 2 rings (SSSR count). The number of rotatable bonds is 2. The number of methoxy groups -OCH3 is 1. The largest absolute Gasteiger partial charge is 0.497 e.